The smallest absolute Gasteiger partial charge is 0.257 e. The Hall–Kier alpha value is -1.88. The first-order chi connectivity index (χ1) is 11.0. The van der Waals surface area contributed by atoms with Gasteiger partial charge in [-0.2, -0.15) is 0 Å². The second-order valence-corrected chi connectivity index (χ2v) is 6.89. The van der Waals surface area contributed by atoms with E-state index >= 15 is 0 Å². The van der Waals surface area contributed by atoms with Crippen LogP contribution in [0.5, 0.6) is 0 Å². The van der Waals surface area contributed by atoms with Gasteiger partial charge >= 0.3 is 0 Å². The Kier molecular flexibility index (Phi) is 4.66. The van der Waals surface area contributed by atoms with Gasteiger partial charge in [0.15, 0.2) is 5.13 Å². The number of rotatable bonds is 3. The van der Waals surface area contributed by atoms with Crippen LogP contribution in [0, 0.1) is 6.92 Å². The van der Waals surface area contributed by atoms with Crippen molar-refractivity contribution in [2.45, 2.75) is 6.92 Å². The quantitative estimate of drug-likeness (QED) is 0.651. The van der Waals surface area contributed by atoms with E-state index in [2.05, 4.69) is 10.3 Å². The Morgan fingerprint density at radius 2 is 1.83 bits per heavy atom. The highest BCUT2D eigenvalue weighted by Crippen LogP contribution is 2.33. The second-order valence-electron chi connectivity index (χ2n) is 4.87. The van der Waals surface area contributed by atoms with Crippen LogP contribution in [0.4, 0.5) is 5.13 Å². The average Bonchev–Trinajstić information content (AvgIpc) is 2.91. The van der Waals surface area contributed by atoms with Gasteiger partial charge in [0, 0.05) is 16.0 Å². The normalized spacial score (nSPS) is 10.6. The number of benzene rings is 2. The molecule has 0 fully saturated rings. The summed E-state index contributed by atoms with van der Waals surface area (Å²) < 4.78 is 0. The number of aromatic nitrogens is 1. The predicted octanol–water partition coefficient (Wildman–Crippen LogP) is 5.68. The van der Waals surface area contributed by atoms with E-state index in [4.69, 9.17) is 23.2 Å². The molecule has 3 rings (SSSR count). The summed E-state index contributed by atoms with van der Waals surface area (Å²) in [4.78, 5) is 17.7. The molecule has 0 spiro atoms. The van der Waals surface area contributed by atoms with Crippen LogP contribution in [-0.2, 0) is 0 Å². The van der Waals surface area contributed by atoms with Gasteiger partial charge in [-0.3, -0.25) is 10.1 Å². The number of aryl methyl sites for hydroxylation is 1. The number of halogens is 2. The minimum atomic E-state index is -0.181. The Balaban J connectivity index is 1.86. The van der Waals surface area contributed by atoms with E-state index in [9.17, 15) is 4.79 Å². The molecule has 2 aromatic carbocycles. The summed E-state index contributed by atoms with van der Waals surface area (Å²) in [5.41, 5.74) is 2.25. The van der Waals surface area contributed by atoms with Crippen LogP contribution in [0.15, 0.2) is 48.5 Å². The van der Waals surface area contributed by atoms with Crippen LogP contribution >= 0.6 is 34.5 Å². The lowest BCUT2D eigenvalue weighted by atomic mass is 10.1. The van der Waals surface area contributed by atoms with Crippen molar-refractivity contribution in [1.29, 1.82) is 0 Å². The summed E-state index contributed by atoms with van der Waals surface area (Å²) in [6.45, 7) is 1.95. The zero-order valence-corrected chi connectivity index (χ0v) is 14.5. The molecule has 1 N–H and O–H groups in total. The minimum absolute atomic E-state index is 0.181. The molecule has 0 aliphatic rings. The zero-order valence-electron chi connectivity index (χ0n) is 12.1. The Labute approximate surface area is 147 Å². The van der Waals surface area contributed by atoms with E-state index in [1.807, 2.05) is 31.2 Å². The summed E-state index contributed by atoms with van der Waals surface area (Å²) in [7, 11) is 0. The molecule has 6 heteroatoms. The van der Waals surface area contributed by atoms with Gasteiger partial charge in [-0.25, -0.2) is 4.98 Å². The molecule has 0 atom stereocenters. The highest BCUT2D eigenvalue weighted by molar-refractivity contribution is 7.16. The maximum Gasteiger partial charge on any atom is 0.257 e. The van der Waals surface area contributed by atoms with Gasteiger partial charge in [-0.05, 0) is 31.2 Å². The Morgan fingerprint density at radius 3 is 2.52 bits per heavy atom. The fourth-order valence-corrected chi connectivity index (χ4v) is 3.25. The number of carbonyl (C=O) groups excluding carboxylic acids is 1. The minimum Gasteiger partial charge on any atom is -0.298 e. The third kappa shape index (κ3) is 3.55. The number of anilines is 1. The number of nitrogens with one attached hydrogen (secondary N) is 1. The maximum atomic E-state index is 12.2. The van der Waals surface area contributed by atoms with Crippen LogP contribution in [0.3, 0.4) is 0 Å². The first-order valence-electron chi connectivity index (χ1n) is 6.84. The molecule has 23 heavy (non-hydrogen) atoms. The lowest BCUT2D eigenvalue weighted by Crippen LogP contribution is -2.11. The number of nitrogens with zero attached hydrogens (tertiary/aromatic N) is 1. The predicted molar refractivity (Wildman–Crippen MR) is 96.7 cm³/mol. The van der Waals surface area contributed by atoms with Gasteiger partial charge in [0.1, 0.15) is 0 Å². The molecule has 0 aliphatic carbocycles. The van der Waals surface area contributed by atoms with E-state index in [-0.39, 0.29) is 5.91 Å². The van der Waals surface area contributed by atoms with Gasteiger partial charge in [-0.15, -0.1) is 11.3 Å². The molecular formula is C17H12Cl2N2OS. The van der Waals surface area contributed by atoms with Gasteiger partial charge in [-0.1, -0.05) is 47.5 Å². The van der Waals surface area contributed by atoms with Gasteiger partial charge in [0.25, 0.3) is 5.91 Å². The van der Waals surface area contributed by atoms with E-state index in [1.165, 1.54) is 11.3 Å². The van der Waals surface area contributed by atoms with E-state index < -0.39 is 0 Å². The van der Waals surface area contributed by atoms with E-state index in [1.54, 1.807) is 24.3 Å². The third-order valence-corrected chi connectivity index (χ3v) is 4.87. The monoisotopic (exact) mass is 362 g/mol. The van der Waals surface area contributed by atoms with Gasteiger partial charge in [0.05, 0.1) is 15.7 Å². The molecule has 0 radical (unpaired) electrons. The van der Waals surface area contributed by atoms with Crippen molar-refractivity contribution in [2.24, 2.45) is 0 Å². The van der Waals surface area contributed by atoms with Gasteiger partial charge < -0.3 is 0 Å². The molecule has 0 saturated carbocycles. The molecule has 0 aliphatic heterocycles. The highest BCUT2D eigenvalue weighted by atomic mass is 35.5. The summed E-state index contributed by atoms with van der Waals surface area (Å²) in [5, 5.41) is 4.36. The number of hydrogen-bond acceptors (Lipinski definition) is 3. The molecule has 0 saturated heterocycles. The van der Waals surface area contributed by atoms with Crippen molar-refractivity contribution in [1.82, 2.24) is 4.98 Å². The van der Waals surface area contributed by atoms with E-state index in [0.29, 0.717) is 20.7 Å². The van der Waals surface area contributed by atoms with Crippen LogP contribution in [0.2, 0.25) is 10.0 Å². The van der Waals surface area contributed by atoms with Crippen molar-refractivity contribution in [3.8, 4) is 11.3 Å². The first kappa shape index (κ1) is 16.0. The molecule has 1 amide bonds. The summed E-state index contributed by atoms with van der Waals surface area (Å²) in [6.07, 6.45) is 0. The van der Waals surface area contributed by atoms with Crippen molar-refractivity contribution >= 4 is 45.6 Å². The number of carbonyl (C=O) groups is 1. The topological polar surface area (TPSA) is 42.0 Å². The largest absolute Gasteiger partial charge is 0.298 e. The van der Waals surface area contributed by atoms with Crippen LogP contribution in [0.25, 0.3) is 11.3 Å². The summed E-state index contributed by atoms with van der Waals surface area (Å²) in [6, 6.07) is 14.4. The van der Waals surface area contributed by atoms with Crippen molar-refractivity contribution in [3.05, 3.63) is 69.0 Å². The molecule has 1 heterocycles. The van der Waals surface area contributed by atoms with Crippen molar-refractivity contribution in [3.63, 3.8) is 0 Å². The van der Waals surface area contributed by atoms with Gasteiger partial charge in [0.2, 0.25) is 0 Å². The lowest BCUT2D eigenvalue weighted by Gasteiger charge is -2.02. The Morgan fingerprint density at radius 1 is 1.09 bits per heavy atom. The molecular weight excluding hydrogens is 351 g/mol. The third-order valence-electron chi connectivity index (χ3n) is 3.25. The lowest BCUT2D eigenvalue weighted by molar-refractivity contribution is 0.102. The van der Waals surface area contributed by atoms with Crippen LogP contribution in [-0.4, -0.2) is 10.9 Å². The van der Waals surface area contributed by atoms with E-state index in [0.717, 1.165) is 16.1 Å². The number of hydrogen-bond donors (Lipinski definition) is 1. The fraction of sp³-hybridized carbons (Fsp3) is 0.0588. The molecule has 1 aromatic heterocycles. The van der Waals surface area contributed by atoms with Crippen LogP contribution < -0.4 is 5.32 Å². The van der Waals surface area contributed by atoms with Crippen molar-refractivity contribution < 1.29 is 4.79 Å². The average molecular weight is 363 g/mol. The number of thiazole rings is 1. The first-order valence-corrected chi connectivity index (χ1v) is 8.41. The maximum absolute atomic E-state index is 12.2. The molecule has 3 nitrogen and oxygen atoms in total. The highest BCUT2D eigenvalue weighted by Gasteiger charge is 2.14. The van der Waals surface area contributed by atoms with Crippen LogP contribution in [0.1, 0.15) is 15.2 Å². The SMILES string of the molecule is Cc1sc(NC(=O)c2ccccc2)nc1-c1ccc(Cl)c(Cl)c1. The van der Waals surface area contributed by atoms with Crippen molar-refractivity contribution in [2.75, 3.05) is 5.32 Å². The standard InChI is InChI=1S/C17H12Cl2N2OS/c1-10-15(12-7-8-13(18)14(19)9-12)20-17(23-10)21-16(22)11-5-3-2-4-6-11/h2-9H,1H3,(H,20,21,22). The molecule has 3 aromatic rings. The Bertz CT molecular complexity index is 862. The summed E-state index contributed by atoms with van der Waals surface area (Å²) >= 11 is 13.4. The fourth-order valence-electron chi connectivity index (χ4n) is 2.12. The molecule has 0 unspecified atom stereocenters. The molecule has 0 bridgehead atoms. The summed E-state index contributed by atoms with van der Waals surface area (Å²) in [5.74, 6) is -0.181. The second kappa shape index (κ2) is 6.71. The number of amides is 1. The molecule has 116 valence electrons. The zero-order chi connectivity index (χ0) is 16.4.